The molecule has 0 fully saturated rings. The molecule has 0 amide bonds. The third-order valence-corrected chi connectivity index (χ3v) is 1.63. The van der Waals surface area contributed by atoms with Gasteiger partial charge in [0.05, 0.1) is 6.10 Å². The van der Waals surface area contributed by atoms with E-state index in [0.29, 0.717) is 5.56 Å². The van der Waals surface area contributed by atoms with Crippen LogP contribution in [-0.4, -0.2) is 27.8 Å². The molecular formula is C8H12N2O2. The van der Waals surface area contributed by atoms with Crippen molar-refractivity contribution in [2.75, 3.05) is 6.54 Å². The van der Waals surface area contributed by atoms with E-state index in [2.05, 4.69) is 4.98 Å². The number of nitrogens with zero attached hydrogens (tertiary/aromatic N) is 1. The minimum atomic E-state index is -0.941. The van der Waals surface area contributed by atoms with E-state index in [4.69, 9.17) is 5.73 Å². The molecule has 0 aromatic carbocycles. The Bertz CT molecular complexity index is 228. The summed E-state index contributed by atoms with van der Waals surface area (Å²) < 4.78 is 0. The number of aliphatic hydroxyl groups is 2. The van der Waals surface area contributed by atoms with Gasteiger partial charge in [-0.3, -0.25) is 4.98 Å². The lowest BCUT2D eigenvalue weighted by Gasteiger charge is -2.15. The quantitative estimate of drug-likeness (QED) is 0.565. The Labute approximate surface area is 70.7 Å². The number of hydrogen-bond acceptors (Lipinski definition) is 4. The molecule has 1 aromatic rings. The molecule has 0 saturated heterocycles. The van der Waals surface area contributed by atoms with Crippen LogP contribution in [0.1, 0.15) is 11.7 Å². The van der Waals surface area contributed by atoms with Crippen molar-refractivity contribution < 1.29 is 10.2 Å². The second kappa shape index (κ2) is 4.15. The third kappa shape index (κ3) is 2.01. The van der Waals surface area contributed by atoms with Crippen LogP contribution in [0.25, 0.3) is 0 Å². The molecule has 4 nitrogen and oxygen atoms in total. The maximum Gasteiger partial charge on any atom is 0.108 e. The zero-order valence-electron chi connectivity index (χ0n) is 6.59. The van der Waals surface area contributed by atoms with Crippen LogP contribution in [0.15, 0.2) is 24.5 Å². The minimum absolute atomic E-state index is 0.0378. The van der Waals surface area contributed by atoms with Gasteiger partial charge in [0.25, 0.3) is 0 Å². The Hall–Kier alpha value is -0.970. The van der Waals surface area contributed by atoms with Gasteiger partial charge in [0, 0.05) is 24.5 Å². The maximum absolute atomic E-state index is 9.42. The first kappa shape index (κ1) is 9.12. The molecule has 0 aliphatic heterocycles. The van der Waals surface area contributed by atoms with Gasteiger partial charge in [-0.1, -0.05) is 6.07 Å². The molecule has 66 valence electrons. The van der Waals surface area contributed by atoms with Crippen LogP contribution in [0.4, 0.5) is 0 Å². The van der Waals surface area contributed by atoms with Crippen molar-refractivity contribution in [2.45, 2.75) is 12.2 Å². The summed E-state index contributed by atoms with van der Waals surface area (Å²) in [5, 5.41) is 18.6. The zero-order chi connectivity index (χ0) is 8.97. The van der Waals surface area contributed by atoms with Crippen molar-refractivity contribution in [1.82, 2.24) is 4.98 Å². The lowest BCUT2D eigenvalue weighted by atomic mass is 10.1. The number of aromatic nitrogens is 1. The van der Waals surface area contributed by atoms with Crippen LogP contribution in [0, 0.1) is 0 Å². The van der Waals surface area contributed by atoms with Crippen LogP contribution in [0.3, 0.4) is 0 Å². The standard InChI is InChI=1S/C8H12N2O2/c9-4-7(11)8(12)6-2-1-3-10-5-6/h1-3,5,7-8,11-12H,4,9H2. The zero-order valence-corrected chi connectivity index (χ0v) is 6.59. The molecule has 0 aliphatic carbocycles. The molecule has 0 aliphatic rings. The van der Waals surface area contributed by atoms with E-state index >= 15 is 0 Å². The summed E-state index contributed by atoms with van der Waals surface area (Å²) >= 11 is 0. The van der Waals surface area contributed by atoms with E-state index < -0.39 is 12.2 Å². The predicted octanol–water partition coefficient (Wildman–Crippen LogP) is -0.565. The Kier molecular flexibility index (Phi) is 3.16. The summed E-state index contributed by atoms with van der Waals surface area (Å²) in [7, 11) is 0. The maximum atomic E-state index is 9.42. The Balaban J connectivity index is 2.71. The van der Waals surface area contributed by atoms with Crippen LogP contribution in [-0.2, 0) is 0 Å². The number of aliphatic hydroxyl groups excluding tert-OH is 2. The number of nitrogens with two attached hydrogens (primary N) is 1. The Morgan fingerprint density at radius 2 is 2.25 bits per heavy atom. The fraction of sp³-hybridized carbons (Fsp3) is 0.375. The summed E-state index contributed by atoms with van der Waals surface area (Å²) in [6.45, 7) is 0.0378. The molecule has 12 heavy (non-hydrogen) atoms. The molecule has 4 N–H and O–H groups in total. The highest BCUT2D eigenvalue weighted by Gasteiger charge is 2.15. The van der Waals surface area contributed by atoms with Gasteiger partial charge in [-0.05, 0) is 6.07 Å². The third-order valence-electron chi connectivity index (χ3n) is 1.63. The van der Waals surface area contributed by atoms with Crippen molar-refractivity contribution in [3.05, 3.63) is 30.1 Å². The van der Waals surface area contributed by atoms with E-state index in [0.717, 1.165) is 0 Å². The van der Waals surface area contributed by atoms with E-state index in [1.807, 2.05) is 0 Å². The fourth-order valence-corrected chi connectivity index (χ4v) is 0.902. The lowest BCUT2D eigenvalue weighted by Crippen LogP contribution is -2.27. The molecule has 1 rings (SSSR count). The SMILES string of the molecule is NCC(O)C(O)c1cccnc1. The summed E-state index contributed by atoms with van der Waals surface area (Å²) in [6.07, 6.45) is 1.24. The fourth-order valence-electron chi connectivity index (χ4n) is 0.902. The van der Waals surface area contributed by atoms with E-state index in [9.17, 15) is 10.2 Å². The highest BCUT2D eigenvalue weighted by atomic mass is 16.3. The van der Waals surface area contributed by atoms with Crippen LogP contribution in [0.5, 0.6) is 0 Å². The second-order valence-corrected chi connectivity index (χ2v) is 2.53. The average molecular weight is 168 g/mol. The number of hydrogen-bond donors (Lipinski definition) is 3. The van der Waals surface area contributed by atoms with Crippen molar-refractivity contribution in [3.8, 4) is 0 Å². The summed E-state index contributed by atoms with van der Waals surface area (Å²) in [5.74, 6) is 0. The Morgan fingerprint density at radius 3 is 2.75 bits per heavy atom. The molecule has 4 heteroatoms. The first-order valence-electron chi connectivity index (χ1n) is 3.72. The van der Waals surface area contributed by atoms with Crippen molar-refractivity contribution in [1.29, 1.82) is 0 Å². The summed E-state index contributed by atoms with van der Waals surface area (Å²) in [4.78, 5) is 3.81. The van der Waals surface area contributed by atoms with Crippen molar-refractivity contribution >= 4 is 0 Å². The lowest BCUT2D eigenvalue weighted by molar-refractivity contribution is 0.0241. The molecule has 0 radical (unpaired) electrons. The highest BCUT2D eigenvalue weighted by molar-refractivity contribution is 5.13. The molecule has 0 saturated carbocycles. The van der Waals surface area contributed by atoms with Crippen molar-refractivity contribution in [2.24, 2.45) is 5.73 Å². The smallest absolute Gasteiger partial charge is 0.108 e. The molecule has 2 unspecified atom stereocenters. The van der Waals surface area contributed by atoms with Gasteiger partial charge in [0.1, 0.15) is 6.10 Å². The summed E-state index contributed by atoms with van der Waals surface area (Å²) in [5.41, 5.74) is 5.76. The van der Waals surface area contributed by atoms with E-state index in [1.54, 1.807) is 18.3 Å². The minimum Gasteiger partial charge on any atom is -0.389 e. The molecule has 0 bridgehead atoms. The van der Waals surface area contributed by atoms with Crippen LogP contribution in [0.2, 0.25) is 0 Å². The van der Waals surface area contributed by atoms with Gasteiger partial charge in [-0.25, -0.2) is 0 Å². The second-order valence-electron chi connectivity index (χ2n) is 2.53. The molecule has 1 heterocycles. The first-order valence-corrected chi connectivity index (χ1v) is 3.72. The van der Waals surface area contributed by atoms with Crippen LogP contribution >= 0.6 is 0 Å². The van der Waals surface area contributed by atoms with E-state index in [1.165, 1.54) is 6.20 Å². The molecule has 1 aromatic heterocycles. The molecular weight excluding hydrogens is 156 g/mol. The van der Waals surface area contributed by atoms with Gasteiger partial charge in [0.2, 0.25) is 0 Å². The predicted molar refractivity (Wildman–Crippen MR) is 44.3 cm³/mol. The topological polar surface area (TPSA) is 79.4 Å². The first-order chi connectivity index (χ1) is 5.75. The number of rotatable bonds is 3. The highest BCUT2D eigenvalue weighted by Crippen LogP contribution is 2.13. The molecule has 2 atom stereocenters. The monoisotopic (exact) mass is 168 g/mol. The summed E-state index contributed by atoms with van der Waals surface area (Å²) in [6, 6.07) is 3.39. The van der Waals surface area contributed by atoms with Gasteiger partial charge in [0.15, 0.2) is 0 Å². The normalized spacial score (nSPS) is 15.6. The largest absolute Gasteiger partial charge is 0.389 e. The number of pyridine rings is 1. The average Bonchev–Trinajstić information content (AvgIpc) is 2.17. The Morgan fingerprint density at radius 1 is 1.50 bits per heavy atom. The van der Waals surface area contributed by atoms with Crippen LogP contribution < -0.4 is 5.73 Å². The van der Waals surface area contributed by atoms with Crippen molar-refractivity contribution in [3.63, 3.8) is 0 Å². The van der Waals surface area contributed by atoms with E-state index in [-0.39, 0.29) is 6.54 Å². The van der Waals surface area contributed by atoms with Gasteiger partial charge >= 0.3 is 0 Å². The molecule has 0 spiro atoms. The van der Waals surface area contributed by atoms with Gasteiger partial charge in [-0.2, -0.15) is 0 Å². The van der Waals surface area contributed by atoms with Gasteiger partial charge < -0.3 is 15.9 Å². The van der Waals surface area contributed by atoms with Gasteiger partial charge in [-0.15, -0.1) is 0 Å².